The van der Waals surface area contributed by atoms with Gasteiger partial charge in [-0.1, -0.05) is 36.9 Å². The van der Waals surface area contributed by atoms with Crippen molar-refractivity contribution in [3.8, 4) is 0 Å². The van der Waals surface area contributed by atoms with Gasteiger partial charge < -0.3 is 15.5 Å². The summed E-state index contributed by atoms with van der Waals surface area (Å²) in [5.41, 5.74) is -0.272. The van der Waals surface area contributed by atoms with Crippen molar-refractivity contribution in [1.82, 2.24) is 19.8 Å². The van der Waals surface area contributed by atoms with Crippen LogP contribution in [0.5, 0.6) is 0 Å². The predicted molar refractivity (Wildman–Crippen MR) is 134 cm³/mol. The van der Waals surface area contributed by atoms with Crippen molar-refractivity contribution in [2.24, 2.45) is 0 Å². The van der Waals surface area contributed by atoms with Gasteiger partial charge in [0.25, 0.3) is 0 Å². The molecule has 3 rings (SSSR count). The third-order valence-electron chi connectivity index (χ3n) is 7.07. The number of sulfonamides is 1. The van der Waals surface area contributed by atoms with E-state index in [1.54, 1.807) is 9.21 Å². The summed E-state index contributed by atoms with van der Waals surface area (Å²) in [7, 11) is -3.66. The molecule has 2 heterocycles. The van der Waals surface area contributed by atoms with Gasteiger partial charge in [0.15, 0.2) is 0 Å². The van der Waals surface area contributed by atoms with Gasteiger partial charge in [-0.15, -0.1) is 0 Å². The monoisotopic (exact) mass is 490 g/mol. The van der Waals surface area contributed by atoms with Crippen molar-refractivity contribution in [1.29, 1.82) is 0 Å². The summed E-state index contributed by atoms with van der Waals surface area (Å²) in [6.45, 7) is 12.4. The molecule has 0 saturated carbocycles. The first-order valence-electron chi connectivity index (χ1n) is 11.9. The summed E-state index contributed by atoms with van der Waals surface area (Å²) in [5, 5.41) is 5.29. The fraction of sp³-hybridized carbons (Fsp3) is 0.600. The minimum absolute atomic E-state index is 0.152. The number of benzene rings is 1. The van der Waals surface area contributed by atoms with Crippen LogP contribution in [0.1, 0.15) is 52.5 Å². The Morgan fingerprint density at radius 1 is 1.12 bits per heavy atom. The van der Waals surface area contributed by atoms with Crippen LogP contribution in [-0.4, -0.2) is 71.6 Å². The SMILES string of the molecule is C=CC(=O)NC1CC(C)(C)N(S(=O)(=O)C2CCN(C(=O)NCCc3ccccc3)CC2)C1(C)C. The van der Waals surface area contributed by atoms with Crippen LogP contribution in [0.3, 0.4) is 0 Å². The quantitative estimate of drug-likeness (QED) is 0.574. The van der Waals surface area contributed by atoms with E-state index in [4.69, 9.17) is 0 Å². The van der Waals surface area contributed by atoms with Gasteiger partial charge in [0, 0.05) is 31.2 Å². The number of carbonyl (C=O) groups excluding carboxylic acids is 2. The number of likely N-dealkylation sites (tertiary alicyclic amines) is 1. The van der Waals surface area contributed by atoms with E-state index in [-0.39, 0.29) is 18.0 Å². The maximum Gasteiger partial charge on any atom is 0.317 e. The van der Waals surface area contributed by atoms with Crippen LogP contribution < -0.4 is 10.6 Å². The van der Waals surface area contributed by atoms with E-state index in [0.29, 0.717) is 38.9 Å². The molecule has 2 aliphatic rings. The van der Waals surface area contributed by atoms with E-state index in [1.807, 2.05) is 58.0 Å². The maximum atomic E-state index is 13.8. The van der Waals surface area contributed by atoms with E-state index in [9.17, 15) is 18.0 Å². The lowest BCUT2D eigenvalue weighted by Gasteiger charge is -2.43. The van der Waals surface area contributed by atoms with Crippen molar-refractivity contribution in [2.75, 3.05) is 19.6 Å². The topological polar surface area (TPSA) is 98.8 Å². The van der Waals surface area contributed by atoms with E-state index >= 15 is 0 Å². The normalized spacial score (nSPS) is 22.8. The molecule has 3 amide bonds. The molecular formula is C25H38N4O4S. The fourth-order valence-electron chi connectivity index (χ4n) is 5.46. The highest BCUT2D eigenvalue weighted by atomic mass is 32.2. The van der Waals surface area contributed by atoms with Gasteiger partial charge in [-0.3, -0.25) is 4.79 Å². The van der Waals surface area contributed by atoms with E-state index in [1.165, 1.54) is 6.08 Å². The molecule has 0 aliphatic carbocycles. The second-order valence-corrected chi connectivity index (χ2v) is 12.5. The Morgan fingerprint density at radius 3 is 2.32 bits per heavy atom. The Labute approximate surface area is 203 Å². The van der Waals surface area contributed by atoms with Crippen molar-refractivity contribution >= 4 is 22.0 Å². The average Bonchev–Trinajstić information content (AvgIpc) is 2.97. The molecule has 2 saturated heterocycles. The standard InChI is InChI=1S/C25H38N4O4S/c1-6-22(30)27-21-18-24(2,3)29(25(21,4)5)34(32,33)20-13-16-28(17-14-20)23(31)26-15-12-19-10-8-7-9-11-19/h6-11,20-21H,1,12-18H2,2-5H3,(H,26,31)(H,27,30). The molecule has 188 valence electrons. The molecule has 1 atom stereocenters. The first-order chi connectivity index (χ1) is 15.9. The van der Waals surface area contributed by atoms with Gasteiger partial charge in [0.1, 0.15) is 0 Å². The van der Waals surface area contributed by atoms with Gasteiger partial charge in [0.2, 0.25) is 15.9 Å². The number of rotatable bonds is 7. The van der Waals surface area contributed by atoms with Gasteiger partial charge in [0.05, 0.1) is 10.8 Å². The zero-order chi connectivity index (χ0) is 25.1. The fourth-order valence-corrected chi connectivity index (χ4v) is 8.11. The van der Waals surface area contributed by atoms with Gasteiger partial charge in [-0.25, -0.2) is 13.2 Å². The number of piperidine rings is 1. The molecule has 1 unspecified atom stereocenters. The highest BCUT2D eigenvalue weighted by molar-refractivity contribution is 7.89. The number of urea groups is 1. The first-order valence-corrected chi connectivity index (χ1v) is 13.4. The highest BCUT2D eigenvalue weighted by Crippen LogP contribution is 2.45. The number of amides is 3. The van der Waals surface area contributed by atoms with Crippen LogP contribution in [0.15, 0.2) is 43.0 Å². The summed E-state index contributed by atoms with van der Waals surface area (Å²) in [6, 6.07) is 9.48. The van der Waals surface area contributed by atoms with Gasteiger partial charge in [-0.05, 0) is 65.0 Å². The second-order valence-electron chi connectivity index (χ2n) is 10.4. The molecule has 2 N–H and O–H groups in total. The summed E-state index contributed by atoms with van der Waals surface area (Å²) < 4.78 is 29.2. The van der Waals surface area contributed by atoms with Crippen molar-refractivity contribution in [3.05, 3.63) is 48.6 Å². The third-order valence-corrected chi connectivity index (χ3v) is 9.86. The lowest BCUT2D eigenvalue weighted by Crippen LogP contribution is -2.59. The predicted octanol–water partition coefficient (Wildman–Crippen LogP) is 2.67. The van der Waals surface area contributed by atoms with E-state index < -0.39 is 26.4 Å². The Morgan fingerprint density at radius 2 is 1.74 bits per heavy atom. The molecule has 8 nitrogen and oxygen atoms in total. The van der Waals surface area contributed by atoms with Crippen LogP contribution >= 0.6 is 0 Å². The Balaban J connectivity index is 1.60. The minimum atomic E-state index is -3.66. The third kappa shape index (κ3) is 5.46. The van der Waals surface area contributed by atoms with Crippen molar-refractivity contribution < 1.29 is 18.0 Å². The Hall–Kier alpha value is -2.39. The summed E-state index contributed by atoms with van der Waals surface area (Å²) >= 11 is 0. The Bertz CT molecular complexity index is 999. The highest BCUT2D eigenvalue weighted by Gasteiger charge is 2.58. The van der Waals surface area contributed by atoms with Gasteiger partial charge in [-0.2, -0.15) is 4.31 Å². The molecule has 9 heteroatoms. The number of hydrogen-bond donors (Lipinski definition) is 2. The van der Waals surface area contributed by atoms with Crippen molar-refractivity contribution in [2.45, 2.75) is 75.7 Å². The zero-order valence-corrected chi connectivity index (χ0v) is 21.5. The first kappa shape index (κ1) is 26.2. The van der Waals surface area contributed by atoms with Crippen LogP contribution in [0, 0.1) is 0 Å². The number of nitrogens with one attached hydrogen (secondary N) is 2. The molecule has 0 spiro atoms. The van der Waals surface area contributed by atoms with Crippen LogP contribution in [-0.2, 0) is 21.2 Å². The molecule has 2 aliphatic heterocycles. The molecule has 34 heavy (non-hydrogen) atoms. The Kier molecular flexibility index (Phi) is 7.77. The summed E-state index contributed by atoms with van der Waals surface area (Å²) in [5.74, 6) is -0.306. The summed E-state index contributed by atoms with van der Waals surface area (Å²) in [4.78, 5) is 26.2. The molecule has 0 radical (unpaired) electrons. The second kappa shape index (κ2) is 10.1. The lowest BCUT2D eigenvalue weighted by molar-refractivity contribution is -0.117. The summed E-state index contributed by atoms with van der Waals surface area (Å²) in [6.07, 6.45) is 3.25. The largest absolute Gasteiger partial charge is 0.348 e. The van der Waals surface area contributed by atoms with Crippen LogP contribution in [0.4, 0.5) is 4.79 Å². The molecule has 1 aromatic carbocycles. The molecule has 2 fully saturated rings. The average molecular weight is 491 g/mol. The van der Waals surface area contributed by atoms with Crippen molar-refractivity contribution in [3.63, 3.8) is 0 Å². The molecule has 0 bridgehead atoms. The minimum Gasteiger partial charge on any atom is -0.348 e. The molecular weight excluding hydrogens is 452 g/mol. The zero-order valence-electron chi connectivity index (χ0n) is 20.7. The molecule has 1 aromatic rings. The molecule has 0 aromatic heterocycles. The van der Waals surface area contributed by atoms with E-state index in [2.05, 4.69) is 17.2 Å². The van der Waals surface area contributed by atoms with Crippen LogP contribution in [0.25, 0.3) is 0 Å². The lowest BCUT2D eigenvalue weighted by atomic mass is 9.94. The maximum absolute atomic E-state index is 13.8. The van der Waals surface area contributed by atoms with E-state index in [0.717, 1.165) is 12.0 Å². The number of nitrogens with zero attached hydrogens (tertiary/aromatic N) is 2. The van der Waals surface area contributed by atoms with Gasteiger partial charge >= 0.3 is 6.03 Å². The smallest absolute Gasteiger partial charge is 0.317 e. The van der Waals surface area contributed by atoms with Crippen LogP contribution in [0.2, 0.25) is 0 Å². The number of hydrogen-bond acceptors (Lipinski definition) is 4. The number of carbonyl (C=O) groups is 2.